The van der Waals surface area contributed by atoms with E-state index in [-0.39, 0.29) is 11.9 Å². The number of carbonyl (C=O) groups is 1. The monoisotopic (exact) mass is 276 g/mol. The van der Waals surface area contributed by atoms with Gasteiger partial charge in [0.05, 0.1) is 5.56 Å². The smallest absolute Gasteiger partial charge is 0.257 e. The molecule has 20 heavy (non-hydrogen) atoms. The van der Waals surface area contributed by atoms with Crippen molar-refractivity contribution in [3.63, 3.8) is 0 Å². The molecule has 0 bridgehead atoms. The Balaban J connectivity index is 2.10. The minimum Gasteiger partial charge on any atom is -0.367 e. The summed E-state index contributed by atoms with van der Waals surface area (Å²) >= 11 is 0. The zero-order valence-corrected chi connectivity index (χ0v) is 12.5. The van der Waals surface area contributed by atoms with E-state index >= 15 is 0 Å². The molecule has 0 saturated carbocycles. The summed E-state index contributed by atoms with van der Waals surface area (Å²) in [6, 6.07) is 3.93. The van der Waals surface area contributed by atoms with Crippen molar-refractivity contribution >= 4 is 11.7 Å². The zero-order valence-electron chi connectivity index (χ0n) is 12.5. The van der Waals surface area contributed by atoms with Crippen LogP contribution in [0.5, 0.6) is 0 Å². The van der Waals surface area contributed by atoms with E-state index in [1.54, 1.807) is 6.20 Å². The molecule has 1 atom stereocenters. The van der Waals surface area contributed by atoms with Gasteiger partial charge in [-0.15, -0.1) is 0 Å². The normalized spacial score (nSPS) is 18.6. The molecule has 0 aromatic carbocycles. The summed E-state index contributed by atoms with van der Waals surface area (Å²) in [5.41, 5.74) is 0.673. The zero-order chi connectivity index (χ0) is 14.5. The second kappa shape index (κ2) is 6.70. The Hall–Kier alpha value is -1.62. The van der Waals surface area contributed by atoms with Gasteiger partial charge >= 0.3 is 0 Å². The fraction of sp³-hybridized carbons (Fsp3) is 0.600. The van der Waals surface area contributed by atoms with E-state index in [4.69, 9.17) is 0 Å². The van der Waals surface area contributed by atoms with Crippen LogP contribution in [0.15, 0.2) is 18.3 Å². The van der Waals surface area contributed by atoms with Crippen LogP contribution >= 0.6 is 0 Å². The quantitative estimate of drug-likeness (QED) is 0.857. The van der Waals surface area contributed by atoms with Crippen LogP contribution in [0.25, 0.3) is 0 Å². The van der Waals surface area contributed by atoms with Crippen molar-refractivity contribution in [1.29, 1.82) is 0 Å². The Bertz CT molecular complexity index is 461. The van der Waals surface area contributed by atoms with Gasteiger partial charge in [-0.1, -0.05) is 0 Å². The number of likely N-dealkylation sites (tertiary alicyclic amines) is 1. The molecule has 1 aliphatic heterocycles. The van der Waals surface area contributed by atoms with Crippen molar-refractivity contribution in [3.8, 4) is 0 Å². The van der Waals surface area contributed by atoms with E-state index < -0.39 is 0 Å². The molecule has 0 radical (unpaired) electrons. The van der Waals surface area contributed by atoms with Crippen LogP contribution in [0.3, 0.4) is 0 Å². The molecule has 1 fully saturated rings. The summed E-state index contributed by atoms with van der Waals surface area (Å²) < 4.78 is 0. The number of carbonyl (C=O) groups excluding carboxylic acids is 1. The first-order valence-electron chi connectivity index (χ1n) is 7.27. The lowest BCUT2D eigenvalue weighted by Crippen LogP contribution is -2.31. The molecule has 2 N–H and O–H groups in total. The van der Waals surface area contributed by atoms with Crippen molar-refractivity contribution in [1.82, 2.24) is 15.2 Å². The molecular weight excluding hydrogens is 252 g/mol. The number of hydrogen-bond acceptors (Lipinski definition) is 4. The highest BCUT2D eigenvalue weighted by atomic mass is 16.2. The van der Waals surface area contributed by atoms with Gasteiger partial charge in [0.15, 0.2) is 0 Å². The molecule has 110 valence electrons. The van der Waals surface area contributed by atoms with Gasteiger partial charge in [-0.05, 0) is 51.9 Å². The van der Waals surface area contributed by atoms with Gasteiger partial charge < -0.3 is 15.5 Å². The first kappa shape index (κ1) is 14.8. The SMILES string of the molecule is CNC[C@H]1CCN(C(=O)c2cccnc2NC(C)C)C1. The van der Waals surface area contributed by atoms with E-state index in [9.17, 15) is 4.79 Å². The minimum absolute atomic E-state index is 0.0832. The number of pyridine rings is 1. The molecule has 2 heterocycles. The van der Waals surface area contributed by atoms with Crippen LogP contribution in [-0.4, -0.2) is 48.5 Å². The van der Waals surface area contributed by atoms with Crippen LogP contribution in [-0.2, 0) is 0 Å². The Morgan fingerprint density at radius 1 is 1.55 bits per heavy atom. The van der Waals surface area contributed by atoms with E-state index in [2.05, 4.69) is 15.6 Å². The summed E-state index contributed by atoms with van der Waals surface area (Å²) in [6.07, 6.45) is 2.79. The van der Waals surface area contributed by atoms with Crippen molar-refractivity contribution < 1.29 is 4.79 Å². The Kier molecular flexibility index (Phi) is 4.95. The molecule has 2 rings (SSSR count). The highest BCUT2D eigenvalue weighted by Gasteiger charge is 2.27. The average Bonchev–Trinajstić information content (AvgIpc) is 2.87. The standard InChI is InChI=1S/C15H24N4O/c1-11(2)18-14-13(5-4-7-17-14)15(20)19-8-6-12(10-19)9-16-3/h4-5,7,11-12,16H,6,8-10H2,1-3H3,(H,17,18)/t12-/m1/s1. The molecule has 5 heteroatoms. The third-order valence-electron chi connectivity index (χ3n) is 3.53. The fourth-order valence-corrected chi connectivity index (χ4v) is 2.61. The highest BCUT2D eigenvalue weighted by molar-refractivity contribution is 5.98. The van der Waals surface area contributed by atoms with Crippen molar-refractivity contribution in [2.45, 2.75) is 26.3 Å². The van der Waals surface area contributed by atoms with Gasteiger partial charge in [-0.3, -0.25) is 4.79 Å². The highest BCUT2D eigenvalue weighted by Crippen LogP contribution is 2.21. The first-order chi connectivity index (χ1) is 9.61. The van der Waals surface area contributed by atoms with Crippen LogP contribution in [0.2, 0.25) is 0 Å². The number of aromatic nitrogens is 1. The summed E-state index contributed by atoms with van der Waals surface area (Å²) in [7, 11) is 1.95. The maximum absolute atomic E-state index is 12.6. The van der Waals surface area contributed by atoms with Crippen LogP contribution in [0, 0.1) is 5.92 Å². The predicted octanol–water partition coefficient (Wildman–Crippen LogP) is 1.58. The molecule has 1 amide bonds. The van der Waals surface area contributed by atoms with E-state index in [0.29, 0.717) is 17.3 Å². The fourth-order valence-electron chi connectivity index (χ4n) is 2.61. The Morgan fingerprint density at radius 3 is 3.05 bits per heavy atom. The average molecular weight is 276 g/mol. The lowest BCUT2D eigenvalue weighted by Gasteiger charge is -2.19. The summed E-state index contributed by atoms with van der Waals surface area (Å²) in [6.45, 7) is 6.72. The second-order valence-electron chi connectivity index (χ2n) is 5.66. The predicted molar refractivity (Wildman–Crippen MR) is 80.9 cm³/mol. The van der Waals surface area contributed by atoms with Crippen molar-refractivity contribution in [2.75, 3.05) is 32.0 Å². The van der Waals surface area contributed by atoms with Crippen LogP contribution < -0.4 is 10.6 Å². The molecular formula is C15H24N4O. The van der Waals surface area contributed by atoms with Gasteiger partial charge in [0.25, 0.3) is 5.91 Å². The molecule has 0 unspecified atom stereocenters. The number of nitrogens with zero attached hydrogens (tertiary/aromatic N) is 2. The van der Waals surface area contributed by atoms with E-state index in [1.165, 1.54) is 0 Å². The number of nitrogens with one attached hydrogen (secondary N) is 2. The molecule has 1 aliphatic rings. The number of hydrogen-bond donors (Lipinski definition) is 2. The number of anilines is 1. The van der Waals surface area contributed by atoms with Crippen LogP contribution in [0.1, 0.15) is 30.6 Å². The minimum atomic E-state index is 0.0832. The molecule has 5 nitrogen and oxygen atoms in total. The summed E-state index contributed by atoms with van der Waals surface area (Å²) in [4.78, 5) is 18.9. The molecule has 0 aliphatic carbocycles. The maximum Gasteiger partial charge on any atom is 0.257 e. The second-order valence-corrected chi connectivity index (χ2v) is 5.66. The summed E-state index contributed by atoms with van der Waals surface area (Å²) in [5.74, 6) is 1.33. The van der Waals surface area contributed by atoms with Crippen LogP contribution in [0.4, 0.5) is 5.82 Å². The number of amides is 1. The van der Waals surface area contributed by atoms with Gasteiger partial charge in [-0.2, -0.15) is 0 Å². The van der Waals surface area contributed by atoms with Crippen molar-refractivity contribution in [3.05, 3.63) is 23.9 Å². The molecule has 0 spiro atoms. The largest absolute Gasteiger partial charge is 0.367 e. The maximum atomic E-state index is 12.6. The van der Waals surface area contributed by atoms with E-state index in [1.807, 2.05) is 37.9 Å². The van der Waals surface area contributed by atoms with Gasteiger partial charge in [0.1, 0.15) is 5.82 Å². The van der Waals surface area contributed by atoms with Gasteiger partial charge in [0.2, 0.25) is 0 Å². The lowest BCUT2D eigenvalue weighted by atomic mass is 10.1. The topological polar surface area (TPSA) is 57.3 Å². The number of rotatable bonds is 5. The van der Waals surface area contributed by atoms with Gasteiger partial charge in [-0.25, -0.2) is 4.98 Å². The van der Waals surface area contributed by atoms with E-state index in [0.717, 1.165) is 26.1 Å². The Morgan fingerprint density at radius 2 is 2.35 bits per heavy atom. The third kappa shape index (κ3) is 3.48. The van der Waals surface area contributed by atoms with Crippen molar-refractivity contribution in [2.24, 2.45) is 5.92 Å². The molecule has 1 aromatic heterocycles. The van der Waals surface area contributed by atoms with Gasteiger partial charge in [0, 0.05) is 25.3 Å². The lowest BCUT2D eigenvalue weighted by molar-refractivity contribution is 0.0788. The molecule has 1 saturated heterocycles. The Labute approximate surface area is 120 Å². The third-order valence-corrected chi connectivity index (χ3v) is 3.53. The summed E-state index contributed by atoms with van der Waals surface area (Å²) in [5, 5.41) is 6.43. The molecule has 1 aromatic rings. The first-order valence-corrected chi connectivity index (χ1v) is 7.27.